The van der Waals surface area contributed by atoms with Crippen molar-refractivity contribution in [2.45, 2.75) is 6.54 Å². The normalized spacial score (nSPS) is 10.5. The Kier molecular flexibility index (Phi) is 2.79. The molecule has 4 heteroatoms. The summed E-state index contributed by atoms with van der Waals surface area (Å²) in [5.41, 5.74) is 0.891. The van der Waals surface area contributed by atoms with Crippen LogP contribution in [0.5, 0.6) is 0 Å². The molecule has 0 aliphatic heterocycles. The van der Waals surface area contributed by atoms with Crippen LogP contribution in [-0.2, 0) is 6.54 Å². The average Bonchev–Trinajstić information content (AvgIpc) is 1.85. The molecule has 3 nitrogen and oxygen atoms in total. The molecule has 0 N–H and O–H groups in total. The van der Waals surface area contributed by atoms with Crippen molar-refractivity contribution in [2.24, 2.45) is 0 Å². The summed E-state index contributed by atoms with van der Waals surface area (Å²) in [7, 11) is 3.95. The number of aromatic nitrogens is 2. The van der Waals surface area contributed by atoms with Crippen LogP contribution in [0.4, 0.5) is 0 Å². The lowest BCUT2D eigenvalue weighted by molar-refractivity contribution is 0.396. The minimum absolute atomic E-state index is 0.448. The third-order valence-corrected chi connectivity index (χ3v) is 1.32. The number of hydrogen-bond acceptors (Lipinski definition) is 3. The number of nitrogens with zero attached hydrogens (tertiary/aromatic N) is 3. The van der Waals surface area contributed by atoms with Gasteiger partial charge in [0, 0.05) is 12.7 Å². The topological polar surface area (TPSA) is 29.0 Å². The summed E-state index contributed by atoms with van der Waals surface area (Å²) in [5, 5.41) is 0.448. The van der Waals surface area contributed by atoms with Crippen molar-refractivity contribution in [3.05, 3.63) is 23.2 Å². The molecule has 1 aromatic rings. The predicted molar refractivity (Wildman–Crippen MR) is 44.4 cm³/mol. The van der Waals surface area contributed by atoms with Crippen molar-refractivity contribution in [1.29, 1.82) is 0 Å². The van der Waals surface area contributed by atoms with E-state index < -0.39 is 0 Å². The van der Waals surface area contributed by atoms with Crippen LogP contribution in [0.3, 0.4) is 0 Å². The summed E-state index contributed by atoms with van der Waals surface area (Å²) in [4.78, 5) is 10.0. The molecule has 1 aromatic heterocycles. The van der Waals surface area contributed by atoms with E-state index in [2.05, 4.69) is 9.97 Å². The van der Waals surface area contributed by atoms with Gasteiger partial charge in [0.1, 0.15) is 5.15 Å². The first-order chi connectivity index (χ1) is 5.18. The summed E-state index contributed by atoms with van der Waals surface area (Å²) in [6, 6.07) is 0. The monoisotopic (exact) mass is 171 g/mol. The molecular formula is C7H10ClN3. The summed E-state index contributed by atoms with van der Waals surface area (Å²) in [6.45, 7) is 0.771. The molecule has 0 amide bonds. The molecule has 0 atom stereocenters. The first kappa shape index (κ1) is 8.43. The fraction of sp³-hybridized carbons (Fsp3) is 0.429. The molecule has 0 aliphatic rings. The Labute approximate surface area is 71.0 Å². The number of rotatable bonds is 2. The van der Waals surface area contributed by atoms with E-state index in [4.69, 9.17) is 11.6 Å². The molecule has 1 rings (SSSR count). The van der Waals surface area contributed by atoms with Crippen molar-refractivity contribution >= 4 is 11.6 Å². The van der Waals surface area contributed by atoms with Gasteiger partial charge in [0.15, 0.2) is 0 Å². The maximum atomic E-state index is 5.64. The van der Waals surface area contributed by atoms with Gasteiger partial charge in [-0.2, -0.15) is 0 Å². The lowest BCUT2D eigenvalue weighted by Crippen LogP contribution is -2.12. The molecule has 0 saturated carbocycles. The van der Waals surface area contributed by atoms with E-state index in [9.17, 15) is 0 Å². The van der Waals surface area contributed by atoms with Crippen molar-refractivity contribution in [2.75, 3.05) is 14.1 Å². The summed E-state index contributed by atoms with van der Waals surface area (Å²) in [5.74, 6) is 0. The van der Waals surface area contributed by atoms with E-state index in [0.717, 1.165) is 12.2 Å². The third-order valence-electron chi connectivity index (χ3n) is 1.13. The van der Waals surface area contributed by atoms with Crippen LogP contribution in [0, 0.1) is 0 Å². The molecule has 0 fully saturated rings. The number of hydrogen-bond donors (Lipinski definition) is 0. The molecule has 0 aliphatic carbocycles. The van der Waals surface area contributed by atoms with Gasteiger partial charge >= 0.3 is 0 Å². The summed E-state index contributed by atoms with van der Waals surface area (Å²) < 4.78 is 0. The van der Waals surface area contributed by atoms with Gasteiger partial charge in [0.05, 0.1) is 11.9 Å². The fourth-order valence-corrected chi connectivity index (χ4v) is 0.945. The molecule has 0 saturated heterocycles. The lowest BCUT2D eigenvalue weighted by atomic mass is 10.4. The highest BCUT2D eigenvalue weighted by molar-refractivity contribution is 6.29. The van der Waals surface area contributed by atoms with Crippen LogP contribution >= 0.6 is 11.6 Å². The zero-order chi connectivity index (χ0) is 8.27. The fourth-order valence-electron chi connectivity index (χ4n) is 0.780. The Morgan fingerprint density at radius 1 is 1.45 bits per heavy atom. The van der Waals surface area contributed by atoms with E-state index in [0.29, 0.717) is 5.15 Å². The first-order valence-corrected chi connectivity index (χ1v) is 3.67. The molecule has 0 bridgehead atoms. The third kappa shape index (κ3) is 2.82. The van der Waals surface area contributed by atoms with Crippen molar-refractivity contribution in [3.63, 3.8) is 0 Å². The molecule has 11 heavy (non-hydrogen) atoms. The van der Waals surface area contributed by atoms with Gasteiger partial charge in [-0.1, -0.05) is 11.6 Å². The summed E-state index contributed by atoms with van der Waals surface area (Å²) in [6.07, 6.45) is 3.24. The van der Waals surface area contributed by atoms with E-state index in [1.54, 1.807) is 6.20 Å². The van der Waals surface area contributed by atoms with E-state index in [1.807, 2.05) is 19.0 Å². The first-order valence-electron chi connectivity index (χ1n) is 3.29. The van der Waals surface area contributed by atoms with Gasteiger partial charge in [-0.05, 0) is 14.1 Å². The Morgan fingerprint density at radius 3 is 2.73 bits per heavy atom. The van der Waals surface area contributed by atoms with Gasteiger partial charge in [-0.3, -0.25) is 4.98 Å². The van der Waals surface area contributed by atoms with Crippen LogP contribution < -0.4 is 0 Å². The highest BCUT2D eigenvalue weighted by atomic mass is 35.5. The minimum Gasteiger partial charge on any atom is -0.304 e. The van der Waals surface area contributed by atoms with E-state index in [-0.39, 0.29) is 0 Å². The van der Waals surface area contributed by atoms with Crippen LogP contribution in [-0.4, -0.2) is 29.0 Å². The highest BCUT2D eigenvalue weighted by Crippen LogP contribution is 2.03. The van der Waals surface area contributed by atoms with Crippen molar-refractivity contribution < 1.29 is 0 Å². The van der Waals surface area contributed by atoms with Gasteiger partial charge < -0.3 is 4.90 Å². The van der Waals surface area contributed by atoms with Crippen LogP contribution in [0.1, 0.15) is 5.69 Å². The second-order valence-electron chi connectivity index (χ2n) is 2.57. The zero-order valence-corrected chi connectivity index (χ0v) is 7.34. The second kappa shape index (κ2) is 3.64. The maximum absolute atomic E-state index is 5.64. The van der Waals surface area contributed by atoms with Crippen molar-refractivity contribution in [3.8, 4) is 0 Å². The molecule has 0 aromatic carbocycles. The average molecular weight is 172 g/mol. The number of halogens is 1. The van der Waals surface area contributed by atoms with Gasteiger partial charge in [-0.25, -0.2) is 4.98 Å². The Hall–Kier alpha value is -0.670. The van der Waals surface area contributed by atoms with Crippen LogP contribution in [0.15, 0.2) is 12.4 Å². The highest BCUT2D eigenvalue weighted by Gasteiger charge is 1.97. The molecule has 60 valence electrons. The van der Waals surface area contributed by atoms with Gasteiger partial charge in [0.2, 0.25) is 0 Å². The molecule has 0 unspecified atom stereocenters. The Bertz CT molecular complexity index is 237. The van der Waals surface area contributed by atoms with Crippen molar-refractivity contribution in [1.82, 2.24) is 14.9 Å². The SMILES string of the molecule is CN(C)Cc1cncc(Cl)n1. The molecule has 0 radical (unpaired) electrons. The second-order valence-corrected chi connectivity index (χ2v) is 2.96. The quantitative estimate of drug-likeness (QED) is 0.670. The summed E-state index contributed by atoms with van der Waals surface area (Å²) >= 11 is 5.64. The molecular weight excluding hydrogens is 162 g/mol. The largest absolute Gasteiger partial charge is 0.304 e. The minimum atomic E-state index is 0.448. The van der Waals surface area contributed by atoms with E-state index in [1.165, 1.54) is 6.20 Å². The Morgan fingerprint density at radius 2 is 2.18 bits per heavy atom. The molecule has 0 spiro atoms. The zero-order valence-electron chi connectivity index (χ0n) is 6.58. The van der Waals surface area contributed by atoms with Crippen LogP contribution in [0.25, 0.3) is 0 Å². The van der Waals surface area contributed by atoms with E-state index >= 15 is 0 Å². The molecule has 1 heterocycles. The van der Waals surface area contributed by atoms with Gasteiger partial charge in [0.25, 0.3) is 0 Å². The smallest absolute Gasteiger partial charge is 0.147 e. The van der Waals surface area contributed by atoms with Crippen LogP contribution in [0.2, 0.25) is 5.15 Å². The lowest BCUT2D eigenvalue weighted by Gasteiger charge is -2.07. The van der Waals surface area contributed by atoms with Gasteiger partial charge in [-0.15, -0.1) is 0 Å². The predicted octanol–water partition coefficient (Wildman–Crippen LogP) is 1.19. The maximum Gasteiger partial charge on any atom is 0.147 e. The Balaban J connectivity index is 2.71. The standard InChI is InChI=1S/C7H10ClN3/c1-11(2)5-6-3-9-4-7(8)10-6/h3-4H,5H2,1-2H3.